The Labute approximate surface area is 158 Å². The molecule has 0 radical (unpaired) electrons. The van der Waals surface area contributed by atoms with Crippen LogP contribution in [0.1, 0.15) is 64.2 Å². The molecule has 5 heteroatoms. The maximum absolute atomic E-state index is 9.67. The van der Waals surface area contributed by atoms with E-state index in [2.05, 4.69) is 32.1 Å². The van der Waals surface area contributed by atoms with Gasteiger partial charge in [0.05, 0.1) is 11.8 Å². The molecule has 2 fully saturated rings. The van der Waals surface area contributed by atoms with Crippen molar-refractivity contribution < 1.29 is 5.21 Å². The van der Waals surface area contributed by atoms with Gasteiger partial charge in [0.15, 0.2) is 0 Å². The first-order valence-corrected chi connectivity index (χ1v) is 10.5. The van der Waals surface area contributed by atoms with Crippen molar-refractivity contribution in [2.45, 2.75) is 70.3 Å². The maximum atomic E-state index is 9.67. The minimum Gasteiger partial charge on any atom is -0.411 e. The highest BCUT2D eigenvalue weighted by Gasteiger charge is 2.28. The van der Waals surface area contributed by atoms with Crippen LogP contribution in [0, 0.1) is 0 Å². The fourth-order valence-corrected chi connectivity index (χ4v) is 4.35. The molecule has 144 valence electrons. The molecule has 0 aromatic carbocycles. The molecule has 2 aliphatic rings. The van der Waals surface area contributed by atoms with Crippen LogP contribution < -0.4 is 4.90 Å². The van der Waals surface area contributed by atoms with E-state index in [1.54, 1.807) is 0 Å². The van der Waals surface area contributed by atoms with E-state index in [1.165, 1.54) is 44.9 Å². The molecule has 1 aromatic heterocycles. The molecule has 0 amide bonds. The second kappa shape index (κ2) is 10.5. The predicted molar refractivity (Wildman–Crippen MR) is 107 cm³/mol. The Bertz CT molecular complexity index is 540. The van der Waals surface area contributed by atoms with Crippen LogP contribution in [0.15, 0.2) is 29.6 Å². The average Bonchev–Trinajstić information content (AvgIpc) is 2.69. The molecule has 3 rings (SSSR count). The first-order chi connectivity index (χ1) is 12.9. The number of pyridine rings is 1. The normalized spacial score (nSPS) is 26.2. The fraction of sp³-hybridized carbons (Fsp3) is 0.714. The number of hydrogen-bond acceptors (Lipinski definition) is 5. The van der Waals surface area contributed by atoms with Crippen LogP contribution >= 0.6 is 0 Å². The van der Waals surface area contributed by atoms with Crippen LogP contribution in [-0.4, -0.2) is 53.0 Å². The van der Waals surface area contributed by atoms with Crippen LogP contribution in [0.5, 0.6) is 0 Å². The van der Waals surface area contributed by atoms with Crippen molar-refractivity contribution in [3.63, 3.8) is 0 Å². The molecule has 1 atom stereocenters. The minimum atomic E-state index is 0.310. The number of nitrogens with zero attached hydrogens (tertiary/aromatic N) is 4. The second-order valence-corrected chi connectivity index (χ2v) is 7.69. The summed E-state index contributed by atoms with van der Waals surface area (Å²) >= 11 is 0. The first-order valence-electron chi connectivity index (χ1n) is 10.5. The summed E-state index contributed by atoms with van der Waals surface area (Å²) in [5.74, 6) is 1.07. The van der Waals surface area contributed by atoms with Gasteiger partial charge in [-0.05, 0) is 31.4 Å². The number of aromatic nitrogens is 1. The fourth-order valence-electron chi connectivity index (χ4n) is 4.35. The summed E-state index contributed by atoms with van der Waals surface area (Å²) in [5, 5.41) is 13.4. The highest BCUT2D eigenvalue weighted by atomic mass is 16.4. The quantitative estimate of drug-likeness (QED) is 0.632. The van der Waals surface area contributed by atoms with Crippen LogP contribution in [0.3, 0.4) is 0 Å². The standard InChI is InChI=1S/C21H34N4O/c26-23-19-11-7-5-3-1-2-4-6-8-12-20(19)24-15-17-25(18-16-24)21-13-9-10-14-22-21/h9-10,13-14,20,26H,1-8,11-12,15-18H2/b23-19+. The van der Waals surface area contributed by atoms with Gasteiger partial charge in [0.2, 0.25) is 0 Å². The van der Waals surface area contributed by atoms with Gasteiger partial charge >= 0.3 is 0 Å². The first kappa shape index (κ1) is 19.2. The predicted octanol–water partition coefficient (Wildman–Crippen LogP) is 4.32. The molecule has 26 heavy (non-hydrogen) atoms. The summed E-state index contributed by atoms with van der Waals surface area (Å²) in [7, 11) is 0. The number of hydrogen-bond donors (Lipinski definition) is 1. The SMILES string of the molecule is O/N=C1\CCCCCCCCCCC1N1CCN(c2ccccn2)CC1. The van der Waals surface area contributed by atoms with E-state index in [0.29, 0.717) is 6.04 Å². The molecule has 1 N–H and O–H groups in total. The zero-order valence-corrected chi connectivity index (χ0v) is 16.0. The lowest BCUT2D eigenvalue weighted by Crippen LogP contribution is -2.53. The summed E-state index contributed by atoms with van der Waals surface area (Å²) < 4.78 is 0. The molecule has 5 nitrogen and oxygen atoms in total. The van der Waals surface area contributed by atoms with E-state index in [-0.39, 0.29) is 0 Å². The molecule has 1 saturated carbocycles. The van der Waals surface area contributed by atoms with Gasteiger partial charge < -0.3 is 10.1 Å². The Morgan fingerprint density at radius 1 is 0.885 bits per heavy atom. The Hall–Kier alpha value is -1.62. The lowest BCUT2D eigenvalue weighted by molar-refractivity contribution is 0.207. The van der Waals surface area contributed by atoms with Crippen LogP contribution in [0.2, 0.25) is 0 Å². The Morgan fingerprint density at radius 3 is 2.23 bits per heavy atom. The van der Waals surface area contributed by atoms with E-state index < -0.39 is 0 Å². The highest BCUT2D eigenvalue weighted by molar-refractivity contribution is 5.89. The Balaban J connectivity index is 1.60. The Kier molecular flexibility index (Phi) is 7.74. The van der Waals surface area contributed by atoms with Crippen LogP contribution in [0.4, 0.5) is 5.82 Å². The highest BCUT2D eigenvalue weighted by Crippen LogP contribution is 2.21. The molecular formula is C21H34N4O. The average molecular weight is 359 g/mol. The molecular weight excluding hydrogens is 324 g/mol. The third-order valence-corrected chi connectivity index (χ3v) is 5.90. The third-order valence-electron chi connectivity index (χ3n) is 5.90. The summed E-state index contributed by atoms with van der Waals surface area (Å²) in [5.41, 5.74) is 1.01. The van der Waals surface area contributed by atoms with Crippen LogP contribution in [-0.2, 0) is 0 Å². The summed E-state index contributed by atoms with van der Waals surface area (Å²) in [6.07, 6.45) is 14.3. The molecule has 1 aliphatic heterocycles. The van der Waals surface area contributed by atoms with E-state index in [4.69, 9.17) is 0 Å². The van der Waals surface area contributed by atoms with Gasteiger partial charge in [-0.3, -0.25) is 4.90 Å². The van der Waals surface area contributed by atoms with Crippen LogP contribution in [0.25, 0.3) is 0 Å². The zero-order valence-electron chi connectivity index (χ0n) is 16.0. The lowest BCUT2D eigenvalue weighted by Gasteiger charge is -2.40. The molecule has 1 aliphatic carbocycles. The van der Waals surface area contributed by atoms with Gasteiger partial charge in [-0.1, -0.05) is 56.2 Å². The largest absolute Gasteiger partial charge is 0.411 e. The monoisotopic (exact) mass is 358 g/mol. The topological polar surface area (TPSA) is 52.0 Å². The maximum Gasteiger partial charge on any atom is 0.128 e. The molecule has 2 heterocycles. The molecule has 0 bridgehead atoms. The van der Waals surface area contributed by atoms with Gasteiger partial charge in [-0.25, -0.2) is 4.98 Å². The lowest BCUT2D eigenvalue weighted by atomic mass is 9.95. The van der Waals surface area contributed by atoms with Crippen molar-refractivity contribution in [1.29, 1.82) is 0 Å². The van der Waals surface area contributed by atoms with Gasteiger partial charge in [-0.2, -0.15) is 0 Å². The van der Waals surface area contributed by atoms with Crippen molar-refractivity contribution in [1.82, 2.24) is 9.88 Å². The van der Waals surface area contributed by atoms with E-state index in [9.17, 15) is 5.21 Å². The van der Waals surface area contributed by atoms with Gasteiger partial charge in [-0.15, -0.1) is 0 Å². The molecule has 1 aromatic rings. The van der Waals surface area contributed by atoms with Crippen molar-refractivity contribution >= 4 is 11.5 Å². The van der Waals surface area contributed by atoms with Crippen molar-refractivity contribution in [3.8, 4) is 0 Å². The second-order valence-electron chi connectivity index (χ2n) is 7.69. The number of piperazine rings is 1. The van der Waals surface area contributed by atoms with Gasteiger partial charge in [0.1, 0.15) is 5.82 Å². The third kappa shape index (κ3) is 5.44. The zero-order chi connectivity index (χ0) is 18.0. The molecule has 1 unspecified atom stereocenters. The summed E-state index contributed by atoms with van der Waals surface area (Å²) in [4.78, 5) is 9.39. The van der Waals surface area contributed by atoms with E-state index >= 15 is 0 Å². The van der Waals surface area contributed by atoms with Crippen molar-refractivity contribution in [2.75, 3.05) is 31.1 Å². The summed E-state index contributed by atoms with van der Waals surface area (Å²) in [6.45, 7) is 4.01. The minimum absolute atomic E-state index is 0.310. The number of anilines is 1. The van der Waals surface area contributed by atoms with Crippen molar-refractivity contribution in [3.05, 3.63) is 24.4 Å². The van der Waals surface area contributed by atoms with E-state index in [0.717, 1.165) is 57.0 Å². The molecule has 1 saturated heterocycles. The van der Waals surface area contributed by atoms with Gasteiger partial charge in [0.25, 0.3) is 0 Å². The number of rotatable bonds is 2. The van der Waals surface area contributed by atoms with Gasteiger partial charge in [0, 0.05) is 32.4 Å². The Morgan fingerprint density at radius 2 is 1.58 bits per heavy atom. The number of oxime groups is 1. The summed E-state index contributed by atoms with van der Waals surface area (Å²) in [6, 6.07) is 6.42. The smallest absolute Gasteiger partial charge is 0.128 e. The molecule has 0 spiro atoms. The van der Waals surface area contributed by atoms with E-state index in [1.807, 2.05) is 12.3 Å². The van der Waals surface area contributed by atoms with Crippen molar-refractivity contribution in [2.24, 2.45) is 5.16 Å².